The van der Waals surface area contributed by atoms with Crippen molar-refractivity contribution in [2.24, 2.45) is 0 Å². The van der Waals surface area contributed by atoms with Gasteiger partial charge in [0.1, 0.15) is 6.10 Å². The number of rotatable bonds is 5. The van der Waals surface area contributed by atoms with Crippen molar-refractivity contribution < 1.29 is 24.7 Å². The number of hydrogen-bond acceptors (Lipinski definition) is 6. The fourth-order valence-electron chi connectivity index (χ4n) is 1.49. The average molecular weight is 334 g/mol. The van der Waals surface area contributed by atoms with Gasteiger partial charge in [-0.3, -0.25) is 10.1 Å². The van der Waals surface area contributed by atoms with Crippen LogP contribution in [-0.4, -0.2) is 39.6 Å². The fourth-order valence-corrected chi connectivity index (χ4v) is 1.84. The van der Waals surface area contributed by atoms with E-state index in [9.17, 15) is 25.1 Å². The minimum Gasteiger partial charge on any atom is -0.465 e. The maximum absolute atomic E-state index is 11.3. The van der Waals surface area contributed by atoms with E-state index >= 15 is 0 Å². The highest BCUT2D eigenvalue weighted by molar-refractivity contribution is 9.09. The number of ether oxygens (including phenoxy) is 1. The lowest BCUT2D eigenvalue weighted by molar-refractivity contribution is -0.386. The number of nitrogens with zero attached hydrogens (tertiary/aromatic N) is 1. The van der Waals surface area contributed by atoms with E-state index in [4.69, 9.17) is 0 Å². The molecule has 1 aromatic rings. The van der Waals surface area contributed by atoms with Gasteiger partial charge in [-0.2, -0.15) is 0 Å². The normalized spacial score (nSPS) is 13.7. The van der Waals surface area contributed by atoms with Crippen LogP contribution in [0.3, 0.4) is 0 Å². The highest BCUT2D eigenvalue weighted by Crippen LogP contribution is 2.29. The summed E-state index contributed by atoms with van der Waals surface area (Å²) in [5.41, 5.74) is -0.515. The first kappa shape index (κ1) is 15.5. The second kappa shape index (κ2) is 6.60. The Kier molecular flexibility index (Phi) is 5.40. The van der Waals surface area contributed by atoms with Crippen LogP contribution in [0.15, 0.2) is 18.2 Å². The van der Waals surface area contributed by atoms with Crippen molar-refractivity contribution in [3.8, 4) is 0 Å². The molecule has 0 aliphatic heterocycles. The molecule has 2 unspecified atom stereocenters. The van der Waals surface area contributed by atoms with Gasteiger partial charge in [-0.05, 0) is 12.1 Å². The van der Waals surface area contributed by atoms with E-state index in [-0.39, 0.29) is 16.5 Å². The molecule has 104 valence electrons. The molecule has 0 radical (unpaired) electrons. The van der Waals surface area contributed by atoms with Crippen LogP contribution < -0.4 is 0 Å². The van der Waals surface area contributed by atoms with Crippen LogP contribution in [0.2, 0.25) is 0 Å². The van der Waals surface area contributed by atoms with Crippen molar-refractivity contribution in [2.75, 3.05) is 12.4 Å². The first-order chi connectivity index (χ1) is 8.92. The maximum atomic E-state index is 11.3. The smallest absolute Gasteiger partial charge is 0.338 e. The number of halogens is 1. The van der Waals surface area contributed by atoms with Gasteiger partial charge in [0.25, 0.3) is 5.69 Å². The van der Waals surface area contributed by atoms with E-state index in [2.05, 4.69) is 20.7 Å². The molecule has 7 nitrogen and oxygen atoms in total. The highest BCUT2D eigenvalue weighted by atomic mass is 79.9. The number of esters is 1. The molecule has 0 aliphatic carbocycles. The number of carbonyl (C=O) groups is 1. The predicted molar refractivity (Wildman–Crippen MR) is 69.2 cm³/mol. The topological polar surface area (TPSA) is 110 Å². The lowest BCUT2D eigenvalue weighted by atomic mass is 10.0. The second-order valence-electron chi connectivity index (χ2n) is 3.69. The molecule has 0 amide bonds. The van der Waals surface area contributed by atoms with Crippen molar-refractivity contribution in [2.45, 2.75) is 12.2 Å². The lowest BCUT2D eigenvalue weighted by Gasteiger charge is -2.16. The highest BCUT2D eigenvalue weighted by Gasteiger charge is 2.27. The van der Waals surface area contributed by atoms with Gasteiger partial charge in [-0.1, -0.05) is 15.9 Å². The van der Waals surface area contributed by atoms with Crippen molar-refractivity contribution in [3.63, 3.8) is 0 Å². The third kappa shape index (κ3) is 3.49. The fraction of sp³-hybridized carbons (Fsp3) is 0.364. The largest absolute Gasteiger partial charge is 0.465 e. The first-order valence-corrected chi connectivity index (χ1v) is 6.33. The molecule has 2 atom stereocenters. The van der Waals surface area contributed by atoms with Crippen LogP contribution >= 0.6 is 15.9 Å². The Balaban J connectivity index is 3.26. The van der Waals surface area contributed by atoms with Gasteiger partial charge in [-0.15, -0.1) is 0 Å². The summed E-state index contributed by atoms with van der Waals surface area (Å²) >= 11 is 2.97. The predicted octanol–water partition coefficient (Wildman–Crippen LogP) is 1.17. The van der Waals surface area contributed by atoms with Crippen LogP contribution in [0.4, 0.5) is 5.69 Å². The van der Waals surface area contributed by atoms with Crippen molar-refractivity contribution in [3.05, 3.63) is 39.4 Å². The number of benzene rings is 1. The van der Waals surface area contributed by atoms with Gasteiger partial charge in [0.05, 0.1) is 29.3 Å². The van der Waals surface area contributed by atoms with Crippen molar-refractivity contribution in [1.29, 1.82) is 0 Å². The average Bonchev–Trinajstić information content (AvgIpc) is 2.43. The number of nitro benzene ring substituents is 1. The van der Waals surface area contributed by atoms with Crippen LogP contribution in [0, 0.1) is 10.1 Å². The third-order valence-electron chi connectivity index (χ3n) is 2.49. The zero-order chi connectivity index (χ0) is 14.6. The zero-order valence-corrected chi connectivity index (χ0v) is 11.5. The molecule has 0 spiro atoms. The molecule has 1 aromatic carbocycles. The number of alkyl halides is 1. The number of methoxy groups -OCH3 is 1. The summed E-state index contributed by atoms with van der Waals surface area (Å²) in [5, 5.41) is 30.3. The van der Waals surface area contributed by atoms with Gasteiger partial charge in [0.2, 0.25) is 0 Å². The quantitative estimate of drug-likeness (QED) is 0.362. The molecule has 0 aliphatic rings. The van der Waals surface area contributed by atoms with Crippen LogP contribution in [0.25, 0.3) is 0 Å². The second-order valence-corrected chi connectivity index (χ2v) is 4.34. The molecule has 8 heteroatoms. The SMILES string of the molecule is COC(=O)c1ccc(C(O)C(O)CBr)c([N+](=O)[O-])c1. The molecule has 0 heterocycles. The summed E-state index contributed by atoms with van der Waals surface area (Å²) in [6, 6.07) is 3.52. The first-order valence-electron chi connectivity index (χ1n) is 5.21. The number of nitro groups is 1. The molecule has 0 aromatic heterocycles. The van der Waals surface area contributed by atoms with Gasteiger partial charge in [-0.25, -0.2) is 4.79 Å². The van der Waals surface area contributed by atoms with E-state index in [0.29, 0.717) is 0 Å². The Bertz CT molecular complexity index is 492. The molecule has 1 rings (SSSR count). The Hall–Kier alpha value is -1.51. The summed E-state index contributed by atoms with van der Waals surface area (Å²) in [6.07, 6.45) is -2.62. The molecule has 0 bridgehead atoms. The van der Waals surface area contributed by atoms with E-state index in [0.717, 1.165) is 13.2 Å². The number of carbonyl (C=O) groups excluding carboxylic acids is 1. The lowest BCUT2D eigenvalue weighted by Crippen LogP contribution is -2.20. The van der Waals surface area contributed by atoms with Gasteiger partial charge >= 0.3 is 5.97 Å². The monoisotopic (exact) mass is 333 g/mol. The van der Waals surface area contributed by atoms with Gasteiger partial charge in [0, 0.05) is 11.4 Å². The molecular formula is C11H12BrNO6. The Morgan fingerprint density at radius 1 is 1.53 bits per heavy atom. The molecule has 0 saturated heterocycles. The summed E-state index contributed by atoms with van der Waals surface area (Å²) in [5.74, 6) is -0.717. The standard InChI is InChI=1S/C11H12BrNO6/c1-19-11(16)6-2-3-7(8(4-6)13(17)18)10(15)9(14)5-12/h2-4,9-10,14-15H,5H2,1H3. The molecule has 2 N–H and O–H groups in total. The maximum Gasteiger partial charge on any atom is 0.338 e. The molecule has 0 fully saturated rings. The number of hydrogen-bond donors (Lipinski definition) is 2. The summed E-state index contributed by atoms with van der Waals surface area (Å²) in [7, 11) is 1.16. The van der Waals surface area contributed by atoms with Crippen molar-refractivity contribution >= 4 is 27.6 Å². The van der Waals surface area contributed by atoms with E-state index in [1.54, 1.807) is 0 Å². The zero-order valence-electron chi connectivity index (χ0n) is 9.95. The van der Waals surface area contributed by atoms with Crippen LogP contribution in [0.1, 0.15) is 22.0 Å². The minimum absolute atomic E-state index is 0.00141. The van der Waals surface area contributed by atoms with Gasteiger partial charge in [0.15, 0.2) is 0 Å². The number of aliphatic hydroxyl groups excluding tert-OH is 2. The van der Waals surface area contributed by atoms with Crippen LogP contribution in [0.5, 0.6) is 0 Å². The third-order valence-corrected chi connectivity index (χ3v) is 3.15. The van der Waals surface area contributed by atoms with E-state index in [1.807, 2.05) is 0 Å². The van der Waals surface area contributed by atoms with E-state index in [1.165, 1.54) is 12.1 Å². The Morgan fingerprint density at radius 3 is 2.63 bits per heavy atom. The summed E-state index contributed by atoms with van der Waals surface area (Å²) < 4.78 is 4.46. The molecule has 19 heavy (non-hydrogen) atoms. The summed E-state index contributed by atoms with van der Waals surface area (Å²) in [6.45, 7) is 0. The molecular weight excluding hydrogens is 322 g/mol. The van der Waals surface area contributed by atoms with Gasteiger partial charge < -0.3 is 14.9 Å². The van der Waals surface area contributed by atoms with E-state index < -0.39 is 28.8 Å². The van der Waals surface area contributed by atoms with Crippen molar-refractivity contribution in [1.82, 2.24) is 0 Å². The minimum atomic E-state index is -1.42. The Labute approximate surface area is 117 Å². The van der Waals surface area contributed by atoms with Crippen LogP contribution in [-0.2, 0) is 4.74 Å². The Morgan fingerprint density at radius 2 is 2.16 bits per heavy atom. The number of aliphatic hydroxyl groups is 2. The molecule has 0 saturated carbocycles. The summed E-state index contributed by atoms with van der Waals surface area (Å²) in [4.78, 5) is 21.5.